The van der Waals surface area contributed by atoms with Gasteiger partial charge in [0, 0.05) is 0 Å². The van der Waals surface area contributed by atoms with Crippen molar-refractivity contribution in [2.75, 3.05) is 0 Å². The van der Waals surface area contributed by atoms with Crippen LogP contribution in [0.1, 0.15) is 51.4 Å². The van der Waals surface area contributed by atoms with Gasteiger partial charge in [0.2, 0.25) is 0 Å². The van der Waals surface area contributed by atoms with Crippen molar-refractivity contribution in [2.24, 2.45) is 5.41 Å². The highest BCUT2D eigenvalue weighted by atomic mass is 17.1. The average molecular weight is 170 g/mol. The first-order valence-electron chi connectivity index (χ1n) is 5.18. The lowest BCUT2D eigenvalue weighted by Gasteiger charge is -2.26. The highest BCUT2D eigenvalue weighted by molar-refractivity contribution is 4.99. The molecule has 2 rings (SSSR count). The minimum atomic E-state index is 0.151. The van der Waals surface area contributed by atoms with Gasteiger partial charge in [0.15, 0.2) is 0 Å². The normalized spacial score (nSPS) is 34.2. The van der Waals surface area contributed by atoms with Crippen LogP contribution in [0.15, 0.2) is 0 Å². The third-order valence-electron chi connectivity index (χ3n) is 3.59. The summed E-state index contributed by atoms with van der Waals surface area (Å²) in [5.41, 5.74) is 0.398. The van der Waals surface area contributed by atoms with Gasteiger partial charge in [0.1, 0.15) is 0 Å². The minimum Gasteiger partial charge on any atom is -0.252 e. The predicted molar refractivity (Wildman–Crippen MR) is 46.9 cm³/mol. The summed E-state index contributed by atoms with van der Waals surface area (Å²) >= 11 is 0. The molecule has 1 unspecified atom stereocenters. The van der Waals surface area contributed by atoms with Gasteiger partial charge in [-0.2, -0.15) is 0 Å². The van der Waals surface area contributed by atoms with Gasteiger partial charge in [-0.1, -0.05) is 25.7 Å². The third kappa shape index (κ3) is 1.50. The number of hydrogen-bond donors (Lipinski definition) is 1. The maximum absolute atomic E-state index is 8.78. The fraction of sp³-hybridized carbons (Fsp3) is 1.00. The van der Waals surface area contributed by atoms with Gasteiger partial charge in [-0.25, -0.2) is 4.89 Å². The van der Waals surface area contributed by atoms with Crippen molar-refractivity contribution in [1.82, 2.24) is 0 Å². The summed E-state index contributed by atoms with van der Waals surface area (Å²) in [6.45, 7) is 0. The molecule has 0 bridgehead atoms. The van der Waals surface area contributed by atoms with E-state index < -0.39 is 0 Å². The molecule has 0 saturated heterocycles. The highest BCUT2D eigenvalue weighted by Crippen LogP contribution is 2.55. The highest BCUT2D eigenvalue weighted by Gasteiger charge is 2.49. The zero-order chi connectivity index (χ0) is 8.44. The van der Waals surface area contributed by atoms with Gasteiger partial charge in [-0.15, -0.1) is 0 Å². The molecule has 1 spiro atoms. The molecule has 0 radical (unpaired) electrons. The molecule has 2 aliphatic rings. The molecule has 1 N–H and O–H groups in total. The summed E-state index contributed by atoms with van der Waals surface area (Å²) in [4.78, 5) is 4.60. The molecule has 12 heavy (non-hydrogen) atoms. The second-order valence-electron chi connectivity index (χ2n) is 4.41. The first kappa shape index (κ1) is 8.52. The molecule has 2 saturated carbocycles. The van der Waals surface area contributed by atoms with Crippen LogP contribution in [0.5, 0.6) is 0 Å². The minimum absolute atomic E-state index is 0.151. The van der Waals surface area contributed by atoms with Crippen LogP contribution in [0.3, 0.4) is 0 Å². The second kappa shape index (κ2) is 3.35. The van der Waals surface area contributed by atoms with Crippen molar-refractivity contribution in [1.29, 1.82) is 0 Å². The molecule has 2 fully saturated rings. The van der Waals surface area contributed by atoms with Crippen molar-refractivity contribution in [3.63, 3.8) is 0 Å². The van der Waals surface area contributed by atoms with Gasteiger partial charge in [-0.3, -0.25) is 5.26 Å². The Morgan fingerprint density at radius 2 is 1.75 bits per heavy atom. The molecule has 70 valence electrons. The Hall–Kier alpha value is -0.0800. The molecule has 2 nitrogen and oxygen atoms in total. The fourth-order valence-electron chi connectivity index (χ4n) is 2.52. The third-order valence-corrected chi connectivity index (χ3v) is 3.59. The first-order valence-corrected chi connectivity index (χ1v) is 5.18. The first-order chi connectivity index (χ1) is 5.87. The zero-order valence-electron chi connectivity index (χ0n) is 7.59. The molecule has 0 aromatic heterocycles. The molecule has 1 atom stereocenters. The molecule has 0 aromatic rings. The summed E-state index contributed by atoms with van der Waals surface area (Å²) in [5.74, 6) is 0. The van der Waals surface area contributed by atoms with Crippen molar-refractivity contribution >= 4 is 0 Å². The second-order valence-corrected chi connectivity index (χ2v) is 4.41. The van der Waals surface area contributed by atoms with Crippen LogP contribution in [-0.2, 0) is 4.89 Å². The topological polar surface area (TPSA) is 29.5 Å². The Morgan fingerprint density at radius 1 is 1.00 bits per heavy atom. The van der Waals surface area contributed by atoms with Gasteiger partial charge in [0.05, 0.1) is 6.10 Å². The van der Waals surface area contributed by atoms with E-state index in [0.717, 1.165) is 6.42 Å². The molecular weight excluding hydrogens is 152 g/mol. The van der Waals surface area contributed by atoms with Crippen LogP contribution in [0, 0.1) is 5.41 Å². The summed E-state index contributed by atoms with van der Waals surface area (Å²) in [6.07, 6.45) is 10.3. The van der Waals surface area contributed by atoms with E-state index in [0.29, 0.717) is 5.41 Å². The van der Waals surface area contributed by atoms with Crippen LogP contribution in [-0.4, -0.2) is 11.4 Å². The molecule has 0 aromatic carbocycles. The maximum atomic E-state index is 8.78. The van der Waals surface area contributed by atoms with E-state index in [2.05, 4.69) is 4.89 Å². The molecule has 0 heterocycles. The largest absolute Gasteiger partial charge is 0.252 e. The Morgan fingerprint density at radius 3 is 2.42 bits per heavy atom. The van der Waals surface area contributed by atoms with E-state index in [9.17, 15) is 0 Å². The molecule has 0 aliphatic heterocycles. The lowest BCUT2D eigenvalue weighted by molar-refractivity contribution is -0.296. The monoisotopic (exact) mass is 170 g/mol. The van der Waals surface area contributed by atoms with Crippen LogP contribution in [0.2, 0.25) is 0 Å². The average Bonchev–Trinajstić information content (AvgIpc) is 2.80. The quantitative estimate of drug-likeness (QED) is 0.484. The predicted octanol–water partition coefficient (Wildman–Crippen LogP) is 2.98. The Kier molecular flexibility index (Phi) is 2.37. The van der Waals surface area contributed by atoms with Gasteiger partial charge < -0.3 is 0 Å². The van der Waals surface area contributed by atoms with E-state index in [1.165, 1.54) is 44.9 Å². The molecule has 2 heteroatoms. The van der Waals surface area contributed by atoms with E-state index in [1.807, 2.05) is 0 Å². The van der Waals surface area contributed by atoms with Crippen molar-refractivity contribution in [3.8, 4) is 0 Å². The lowest BCUT2D eigenvalue weighted by Crippen LogP contribution is -2.25. The number of rotatable bonds is 1. The number of hydrogen-bond acceptors (Lipinski definition) is 2. The van der Waals surface area contributed by atoms with Crippen molar-refractivity contribution < 1.29 is 10.1 Å². The smallest absolute Gasteiger partial charge is 0.0983 e. The van der Waals surface area contributed by atoms with Crippen LogP contribution < -0.4 is 0 Å². The standard InChI is InChI=1S/C10H18O2/c11-12-9-5-3-1-2-4-6-10(9)7-8-10/h9,11H,1-8H2. The van der Waals surface area contributed by atoms with Crippen LogP contribution in [0.4, 0.5) is 0 Å². The Labute approximate surface area is 73.8 Å². The summed E-state index contributed by atoms with van der Waals surface area (Å²) in [6, 6.07) is 0. The lowest BCUT2D eigenvalue weighted by atomic mass is 9.86. The maximum Gasteiger partial charge on any atom is 0.0983 e. The van der Waals surface area contributed by atoms with E-state index in [4.69, 9.17) is 5.26 Å². The summed E-state index contributed by atoms with van der Waals surface area (Å²) in [7, 11) is 0. The Balaban J connectivity index is 1.96. The van der Waals surface area contributed by atoms with Gasteiger partial charge in [0.25, 0.3) is 0 Å². The fourth-order valence-corrected chi connectivity index (χ4v) is 2.52. The van der Waals surface area contributed by atoms with Crippen LogP contribution >= 0.6 is 0 Å². The van der Waals surface area contributed by atoms with E-state index in [-0.39, 0.29) is 6.10 Å². The van der Waals surface area contributed by atoms with E-state index in [1.54, 1.807) is 0 Å². The molecule has 2 aliphatic carbocycles. The Bertz CT molecular complexity index is 152. The van der Waals surface area contributed by atoms with Crippen molar-refractivity contribution in [3.05, 3.63) is 0 Å². The van der Waals surface area contributed by atoms with Crippen LogP contribution in [0.25, 0.3) is 0 Å². The molecule has 0 amide bonds. The van der Waals surface area contributed by atoms with Gasteiger partial charge in [-0.05, 0) is 31.1 Å². The van der Waals surface area contributed by atoms with E-state index >= 15 is 0 Å². The SMILES string of the molecule is OOC1CCCCCCC12CC2. The molecular formula is C10H18O2. The van der Waals surface area contributed by atoms with Gasteiger partial charge >= 0.3 is 0 Å². The van der Waals surface area contributed by atoms with Crippen molar-refractivity contribution in [2.45, 2.75) is 57.5 Å². The zero-order valence-corrected chi connectivity index (χ0v) is 7.59. The summed E-state index contributed by atoms with van der Waals surface area (Å²) < 4.78 is 0. The summed E-state index contributed by atoms with van der Waals surface area (Å²) in [5, 5.41) is 8.78.